The van der Waals surface area contributed by atoms with Crippen LogP contribution in [0.3, 0.4) is 0 Å². The van der Waals surface area contributed by atoms with Crippen LogP contribution in [0.5, 0.6) is 0 Å². The maximum absolute atomic E-state index is 5.79. The van der Waals surface area contributed by atoms with E-state index in [-0.39, 0.29) is 6.10 Å². The smallest absolute Gasteiger partial charge is 0.162 e. The van der Waals surface area contributed by atoms with E-state index in [1.54, 1.807) is 0 Å². The zero-order valence-electron chi connectivity index (χ0n) is 10.3. The summed E-state index contributed by atoms with van der Waals surface area (Å²) in [5.74, 6) is 3.23. The molecule has 0 aliphatic carbocycles. The standard InChI is InChI=1S/C12H20N4O/c1-8-4-5-17-11(8)12-15-14-10-3-2-9(6-13)7-16(10)12/h8-9,11H,2-7,13H2,1H3. The molecule has 2 aliphatic heterocycles. The fraction of sp³-hybridized carbons (Fsp3) is 0.833. The number of nitrogens with zero attached hydrogens (tertiary/aromatic N) is 3. The molecule has 0 spiro atoms. The number of hydrogen-bond donors (Lipinski definition) is 1. The fourth-order valence-electron chi connectivity index (χ4n) is 2.84. The van der Waals surface area contributed by atoms with Crippen molar-refractivity contribution in [2.75, 3.05) is 13.2 Å². The Bertz CT molecular complexity index is 403. The fourth-order valence-corrected chi connectivity index (χ4v) is 2.84. The second kappa shape index (κ2) is 4.38. The number of fused-ring (bicyclic) bond motifs is 1. The molecule has 1 aromatic rings. The van der Waals surface area contributed by atoms with Gasteiger partial charge in [0.1, 0.15) is 11.9 Å². The molecule has 3 rings (SSSR count). The van der Waals surface area contributed by atoms with Gasteiger partial charge in [-0.1, -0.05) is 6.92 Å². The number of ether oxygens (including phenoxy) is 1. The summed E-state index contributed by atoms with van der Waals surface area (Å²) in [5.41, 5.74) is 5.77. The molecule has 17 heavy (non-hydrogen) atoms. The van der Waals surface area contributed by atoms with E-state index in [2.05, 4.69) is 21.7 Å². The van der Waals surface area contributed by atoms with Crippen molar-refractivity contribution < 1.29 is 4.74 Å². The van der Waals surface area contributed by atoms with Gasteiger partial charge in [0.15, 0.2) is 5.82 Å². The molecule has 2 N–H and O–H groups in total. The van der Waals surface area contributed by atoms with Crippen LogP contribution in [0.1, 0.15) is 37.5 Å². The van der Waals surface area contributed by atoms with Gasteiger partial charge in [-0.2, -0.15) is 0 Å². The number of aromatic nitrogens is 3. The third-order valence-electron chi connectivity index (χ3n) is 4.05. The minimum absolute atomic E-state index is 0.132. The predicted octanol–water partition coefficient (Wildman–Crippen LogP) is 0.897. The van der Waals surface area contributed by atoms with Crippen LogP contribution >= 0.6 is 0 Å². The molecule has 0 amide bonds. The van der Waals surface area contributed by atoms with Crippen LogP contribution < -0.4 is 5.73 Å². The summed E-state index contributed by atoms with van der Waals surface area (Å²) >= 11 is 0. The van der Waals surface area contributed by atoms with E-state index in [1.165, 1.54) is 0 Å². The molecule has 0 saturated carbocycles. The van der Waals surface area contributed by atoms with Crippen molar-refractivity contribution in [2.45, 2.75) is 38.8 Å². The highest BCUT2D eigenvalue weighted by atomic mass is 16.5. The van der Waals surface area contributed by atoms with Crippen LogP contribution in [-0.2, 0) is 17.7 Å². The van der Waals surface area contributed by atoms with Gasteiger partial charge in [-0.15, -0.1) is 10.2 Å². The molecule has 1 fully saturated rings. The Morgan fingerprint density at radius 2 is 2.29 bits per heavy atom. The molecule has 5 nitrogen and oxygen atoms in total. The lowest BCUT2D eigenvalue weighted by Gasteiger charge is -2.24. The summed E-state index contributed by atoms with van der Waals surface area (Å²) in [7, 11) is 0. The van der Waals surface area contributed by atoms with E-state index in [4.69, 9.17) is 10.5 Å². The SMILES string of the molecule is CC1CCOC1c1nnc2n1CC(CN)CC2. The molecule has 0 bridgehead atoms. The van der Waals surface area contributed by atoms with Gasteiger partial charge in [0, 0.05) is 19.6 Å². The van der Waals surface area contributed by atoms with Gasteiger partial charge in [0.25, 0.3) is 0 Å². The maximum Gasteiger partial charge on any atom is 0.162 e. The van der Waals surface area contributed by atoms with Crippen molar-refractivity contribution in [3.63, 3.8) is 0 Å². The van der Waals surface area contributed by atoms with Crippen molar-refractivity contribution in [1.82, 2.24) is 14.8 Å². The van der Waals surface area contributed by atoms with Gasteiger partial charge in [-0.05, 0) is 31.2 Å². The average Bonchev–Trinajstić information content (AvgIpc) is 2.94. The normalized spacial score (nSPS) is 32.7. The van der Waals surface area contributed by atoms with Crippen molar-refractivity contribution in [1.29, 1.82) is 0 Å². The van der Waals surface area contributed by atoms with Crippen LogP contribution in [-0.4, -0.2) is 27.9 Å². The lowest BCUT2D eigenvalue weighted by atomic mass is 9.98. The topological polar surface area (TPSA) is 66.0 Å². The summed E-state index contributed by atoms with van der Waals surface area (Å²) in [4.78, 5) is 0. The Labute approximate surface area is 101 Å². The predicted molar refractivity (Wildman–Crippen MR) is 63.4 cm³/mol. The number of hydrogen-bond acceptors (Lipinski definition) is 4. The number of nitrogens with two attached hydrogens (primary N) is 1. The van der Waals surface area contributed by atoms with Gasteiger partial charge in [0.05, 0.1) is 0 Å². The lowest BCUT2D eigenvalue weighted by Crippen LogP contribution is -2.28. The number of aryl methyl sites for hydroxylation is 1. The minimum atomic E-state index is 0.132. The Kier molecular flexibility index (Phi) is 2.88. The highest BCUT2D eigenvalue weighted by Crippen LogP contribution is 2.34. The Balaban J connectivity index is 1.89. The molecule has 1 saturated heterocycles. The Hall–Kier alpha value is -0.940. The molecule has 0 aromatic carbocycles. The highest BCUT2D eigenvalue weighted by Gasteiger charge is 2.33. The van der Waals surface area contributed by atoms with Gasteiger partial charge in [0.2, 0.25) is 0 Å². The molecule has 3 atom stereocenters. The van der Waals surface area contributed by atoms with E-state index < -0.39 is 0 Å². The third kappa shape index (κ3) is 1.87. The largest absolute Gasteiger partial charge is 0.370 e. The number of rotatable bonds is 2. The molecular formula is C12H20N4O. The molecule has 0 radical (unpaired) electrons. The molecular weight excluding hydrogens is 216 g/mol. The van der Waals surface area contributed by atoms with Crippen molar-refractivity contribution >= 4 is 0 Å². The zero-order valence-corrected chi connectivity index (χ0v) is 10.3. The quantitative estimate of drug-likeness (QED) is 0.828. The van der Waals surface area contributed by atoms with E-state index in [0.29, 0.717) is 11.8 Å². The molecule has 3 heterocycles. The van der Waals surface area contributed by atoms with Crippen LogP contribution in [0.2, 0.25) is 0 Å². The molecule has 1 aromatic heterocycles. The van der Waals surface area contributed by atoms with E-state index >= 15 is 0 Å². The van der Waals surface area contributed by atoms with Crippen LogP contribution in [0.15, 0.2) is 0 Å². The summed E-state index contributed by atoms with van der Waals surface area (Å²) in [6, 6.07) is 0. The summed E-state index contributed by atoms with van der Waals surface area (Å²) in [5, 5.41) is 8.64. The van der Waals surface area contributed by atoms with Crippen molar-refractivity contribution in [2.24, 2.45) is 17.6 Å². The van der Waals surface area contributed by atoms with Gasteiger partial charge < -0.3 is 15.0 Å². The van der Waals surface area contributed by atoms with Crippen molar-refractivity contribution in [3.8, 4) is 0 Å². The first-order valence-electron chi connectivity index (χ1n) is 6.53. The average molecular weight is 236 g/mol. The van der Waals surface area contributed by atoms with Crippen LogP contribution in [0.4, 0.5) is 0 Å². The molecule has 2 aliphatic rings. The first kappa shape index (κ1) is 11.2. The first-order chi connectivity index (χ1) is 8.29. The minimum Gasteiger partial charge on any atom is -0.370 e. The zero-order chi connectivity index (χ0) is 11.8. The van der Waals surface area contributed by atoms with E-state index in [1.807, 2.05) is 0 Å². The van der Waals surface area contributed by atoms with Gasteiger partial charge in [-0.25, -0.2) is 0 Å². The van der Waals surface area contributed by atoms with Crippen molar-refractivity contribution in [3.05, 3.63) is 11.6 Å². The molecule has 94 valence electrons. The van der Waals surface area contributed by atoms with E-state index in [0.717, 1.165) is 50.6 Å². The molecule has 5 heteroatoms. The third-order valence-corrected chi connectivity index (χ3v) is 4.05. The first-order valence-corrected chi connectivity index (χ1v) is 6.53. The van der Waals surface area contributed by atoms with Crippen LogP contribution in [0.25, 0.3) is 0 Å². The van der Waals surface area contributed by atoms with Gasteiger partial charge in [-0.3, -0.25) is 0 Å². The summed E-state index contributed by atoms with van der Waals surface area (Å²) in [6.45, 7) is 4.77. The monoisotopic (exact) mass is 236 g/mol. The lowest BCUT2D eigenvalue weighted by molar-refractivity contribution is 0.0823. The second-order valence-corrected chi connectivity index (χ2v) is 5.28. The molecule has 3 unspecified atom stereocenters. The summed E-state index contributed by atoms with van der Waals surface area (Å²) in [6.07, 6.45) is 3.38. The highest BCUT2D eigenvalue weighted by molar-refractivity contribution is 5.05. The van der Waals surface area contributed by atoms with Gasteiger partial charge >= 0.3 is 0 Å². The van der Waals surface area contributed by atoms with Crippen LogP contribution in [0, 0.1) is 11.8 Å². The Morgan fingerprint density at radius 1 is 1.41 bits per heavy atom. The second-order valence-electron chi connectivity index (χ2n) is 5.28. The summed E-state index contributed by atoms with van der Waals surface area (Å²) < 4.78 is 8.03. The van der Waals surface area contributed by atoms with E-state index in [9.17, 15) is 0 Å². The Morgan fingerprint density at radius 3 is 3.00 bits per heavy atom. The maximum atomic E-state index is 5.79.